The second kappa shape index (κ2) is 6.10. The Bertz CT molecular complexity index is 393. The zero-order valence-corrected chi connectivity index (χ0v) is 10.1. The van der Waals surface area contributed by atoms with E-state index in [9.17, 15) is 4.79 Å². The van der Waals surface area contributed by atoms with Gasteiger partial charge >= 0.3 is 0 Å². The molecule has 17 heavy (non-hydrogen) atoms. The van der Waals surface area contributed by atoms with E-state index in [4.69, 9.17) is 15.6 Å². The maximum atomic E-state index is 12.1. The van der Waals surface area contributed by atoms with Crippen LogP contribution in [-0.4, -0.2) is 42.7 Å². The maximum Gasteiger partial charge on any atom is 0.257 e. The van der Waals surface area contributed by atoms with Crippen LogP contribution in [-0.2, 0) is 0 Å². The number of para-hydroxylation sites is 1. The summed E-state index contributed by atoms with van der Waals surface area (Å²) < 4.78 is 5.38. The van der Waals surface area contributed by atoms with E-state index < -0.39 is 0 Å². The van der Waals surface area contributed by atoms with Crippen molar-refractivity contribution in [3.05, 3.63) is 23.8 Å². The second-order valence-corrected chi connectivity index (χ2v) is 3.61. The largest absolute Gasteiger partial charge is 0.491 e. The highest BCUT2D eigenvalue weighted by molar-refractivity contribution is 5.98. The van der Waals surface area contributed by atoms with Gasteiger partial charge in [-0.25, -0.2) is 0 Å². The highest BCUT2D eigenvalue weighted by Crippen LogP contribution is 2.27. The van der Waals surface area contributed by atoms with Crippen molar-refractivity contribution in [1.82, 2.24) is 4.90 Å². The number of aliphatic hydroxyl groups excluding tert-OH is 1. The first-order chi connectivity index (χ1) is 8.11. The topological polar surface area (TPSA) is 75.8 Å². The Balaban J connectivity index is 3.03. The number of aliphatic hydroxyl groups is 1. The lowest BCUT2D eigenvalue weighted by atomic mass is 10.1. The molecule has 0 saturated carbocycles. The number of rotatable bonds is 5. The molecule has 0 atom stereocenters. The van der Waals surface area contributed by atoms with E-state index in [1.807, 2.05) is 6.92 Å². The van der Waals surface area contributed by atoms with Crippen molar-refractivity contribution < 1.29 is 14.6 Å². The fourth-order valence-electron chi connectivity index (χ4n) is 1.49. The summed E-state index contributed by atoms with van der Waals surface area (Å²) >= 11 is 0. The van der Waals surface area contributed by atoms with E-state index in [0.29, 0.717) is 23.6 Å². The molecule has 0 radical (unpaired) electrons. The number of likely N-dealkylation sites (N-methyl/N-ethyl adjacent to an activating group) is 1. The van der Waals surface area contributed by atoms with Gasteiger partial charge in [0.25, 0.3) is 5.91 Å². The molecule has 0 spiro atoms. The Hall–Kier alpha value is -1.75. The van der Waals surface area contributed by atoms with Gasteiger partial charge in [-0.2, -0.15) is 0 Å². The van der Waals surface area contributed by atoms with Crippen molar-refractivity contribution in [2.75, 3.05) is 32.5 Å². The molecule has 0 unspecified atom stereocenters. The van der Waals surface area contributed by atoms with Crippen LogP contribution in [0.1, 0.15) is 17.3 Å². The fraction of sp³-hybridized carbons (Fsp3) is 0.417. The van der Waals surface area contributed by atoms with Crippen LogP contribution < -0.4 is 10.5 Å². The van der Waals surface area contributed by atoms with Gasteiger partial charge in [0.1, 0.15) is 0 Å². The lowest BCUT2D eigenvalue weighted by Gasteiger charge is -2.18. The van der Waals surface area contributed by atoms with Crippen molar-refractivity contribution >= 4 is 11.6 Å². The monoisotopic (exact) mass is 238 g/mol. The number of amides is 1. The van der Waals surface area contributed by atoms with Crippen LogP contribution in [0.2, 0.25) is 0 Å². The summed E-state index contributed by atoms with van der Waals surface area (Å²) in [4.78, 5) is 13.5. The van der Waals surface area contributed by atoms with Crippen LogP contribution in [0.3, 0.4) is 0 Å². The summed E-state index contributed by atoms with van der Waals surface area (Å²) in [6, 6.07) is 5.06. The third-order valence-electron chi connectivity index (χ3n) is 2.35. The van der Waals surface area contributed by atoms with Gasteiger partial charge in [0.05, 0.1) is 24.5 Å². The van der Waals surface area contributed by atoms with Gasteiger partial charge < -0.3 is 20.5 Å². The predicted octanol–water partition coefficient (Wildman–Crippen LogP) is 0.732. The maximum absolute atomic E-state index is 12.1. The first kappa shape index (κ1) is 13.3. The van der Waals surface area contributed by atoms with Crippen LogP contribution in [0.15, 0.2) is 18.2 Å². The molecule has 1 aromatic rings. The van der Waals surface area contributed by atoms with Gasteiger partial charge in [-0.15, -0.1) is 0 Å². The molecule has 5 nitrogen and oxygen atoms in total. The highest BCUT2D eigenvalue weighted by Gasteiger charge is 2.17. The van der Waals surface area contributed by atoms with Crippen molar-refractivity contribution in [2.45, 2.75) is 6.92 Å². The fourth-order valence-corrected chi connectivity index (χ4v) is 1.49. The third kappa shape index (κ3) is 3.10. The van der Waals surface area contributed by atoms with Gasteiger partial charge in [-0.05, 0) is 19.1 Å². The highest BCUT2D eigenvalue weighted by atomic mass is 16.5. The number of benzene rings is 1. The first-order valence-electron chi connectivity index (χ1n) is 5.49. The van der Waals surface area contributed by atoms with Gasteiger partial charge in [-0.1, -0.05) is 6.07 Å². The molecule has 0 saturated heterocycles. The third-order valence-corrected chi connectivity index (χ3v) is 2.35. The number of nitrogens with zero attached hydrogens (tertiary/aromatic N) is 1. The van der Waals surface area contributed by atoms with Crippen molar-refractivity contribution in [2.24, 2.45) is 0 Å². The molecular formula is C12H18N2O3. The molecule has 1 aromatic carbocycles. The smallest absolute Gasteiger partial charge is 0.257 e. The molecule has 0 aliphatic rings. The van der Waals surface area contributed by atoms with Crippen LogP contribution in [0, 0.1) is 0 Å². The standard InChI is InChI=1S/C12H18N2O3/c1-3-17-11-9(5-4-6-10(11)13)12(16)14(2)7-8-15/h4-6,15H,3,7-8,13H2,1-2H3. The van der Waals surface area contributed by atoms with Crippen LogP contribution in [0.4, 0.5) is 5.69 Å². The molecule has 3 N–H and O–H groups in total. The van der Waals surface area contributed by atoms with Crippen LogP contribution >= 0.6 is 0 Å². The second-order valence-electron chi connectivity index (χ2n) is 3.61. The molecule has 0 aromatic heterocycles. The summed E-state index contributed by atoms with van der Waals surface area (Å²) in [6.07, 6.45) is 0. The Morgan fingerprint density at radius 2 is 2.24 bits per heavy atom. The van der Waals surface area contributed by atoms with E-state index >= 15 is 0 Å². The number of nitrogen functional groups attached to an aromatic ring is 1. The molecule has 0 aliphatic carbocycles. The quantitative estimate of drug-likeness (QED) is 0.741. The Kier molecular flexibility index (Phi) is 4.78. The van der Waals surface area contributed by atoms with Crippen LogP contribution in [0.5, 0.6) is 5.75 Å². The number of carbonyl (C=O) groups excluding carboxylic acids is 1. The number of hydrogen-bond donors (Lipinski definition) is 2. The van der Waals surface area contributed by atoms with E-state index in [-0.39, 0.29) is 19.1 Å². The number of carbonyl (C=O) groups is 1. The Morgan fingerprint density at radius 1 is 1.53 bits per heavy atom. The lowest BCUT2D eigenvalue weighted by Crippen LogP contribution is -2.30. The molecule has 5 heteroatoms. The van der Waals surface area contributed by atoms with E-state index in [1.165, 1.54) is 4.90 Å². The van der Waals surface area contributed by atoms with Crippen molar-refractivity contribution in [1.29, 1.82) is 0 Å². The molecule has 1 amide bonds. The first-order valence-corrected chi connectivity index (χ1v) is 5.49. The van der Waals surface area contributed by atoms with E-state index in [2.05, 4.69) is 0 Å². The summed E-state index contributed by atoms with van der Waals surface area (Å²) in [7, 11) is 1.62. The molecule has 0 fully saturated rings. The molecule has 0 aliphatic heterocycles. The van der Waals surface area contributed by atoms with Gasteiger partial charge in [0.15, 0.2) is 5.75 Å². The number of ether oxygens (including phenoxy) is 1. The van der Waals surface area contributed by atoms with Gasteiger partial charge in [0.2, 0.25) is 0 Å². The minimum atomic E-state index is -0.213. The lowest BCUT2D eigenvalue weighted by molar-refractivity contribution is 0.0763. The summed E-state index contributed by atoms with van der Waals surface area (Å²) in [5, 5.41) is 8.81. The average Bonchev–Trinajstić information content (AvgIpc) is 2.31. The zero-order chi connectivity index (χ0) is 12.8. The normalized spacial score (nSPS) is 10.1. The summed E-state index contributed by atoms with van der Waals surface area (Å²) in [5.41, 5.74) is 6.63. The summed E-state index contributed by atoms with van der Waals surface area (Å²) in [6.45, 7) is 2.48. The van der Waals surface area contributed by atoms with E-state index in [1.54, 1.807) is 25.2 Å². The predicted molar refractivity (Wildman–Crippen MR) is 66.1 cm³/mol. The van der Waals surface area contributed by atoms with Crippen molar-refractivity contribution in [3.63, 3.8) is 0 Å². The van der Waals surface area contributed by atoms with E-state index in [0.717, 1.165) is 0 Å². The van der Waals surface area contributed by atoms with Crippen LogP contribution in [0.25, 0.3) is 0 Å². The van der Waals surface area contributed by atoms with Crippen molar-refractivity contribution in [3.8, 4) is 5.75 Å². The minimum Gasteiger partial charge on any atom is -0.491 e. The molecule has 0 bridgehead atoms. The summed E-state index contributed by atoms with van der Waals surface area (Å²) in [5.74, 6) is 0.194. The SMILES string of the molecule is CCOc1c(N)cccc1C(=O)N(C)CCO. The Morgan fingerprint density at radius 3 is 2.82 bits per heavy atom. The minimum absolute atomic E-state index is 0.0749. The number of hydrogen-bond acceptors (Lipinski definition) is 4. The van der Waals surface area contributed by atoms with Gasteiger partial charge in [0, 0.05) is 13.6 Å². The zero-order valence-electron chi connectivity index (χ0n) is 10.1. The number of nitrogens with two attached hydrogens (primary N) is 1. The Labute approximate surface area is 101 Å². The van der Waals surface area contributed by atoms with Gasteiger partial charge in [-0.3, -0.25) is 4.79 Å². The molecule has 94 valence electrons. The molecular weight excluding hydrogens is 220 g/mol. The molecule has 0 heterocycles. The number of anilines is 1. The average molecular weight is 238 g/mol. The molecule has 1 rings (SSSR count).